The van der Waals surface area contributed by atoms with Crippen LogP contribution in [0.15, 0.2) is 41.7 Å². The predicted molar refractivity (Wildman–Crippen MR) is 110 cm³/mol. The molecule has 1 aliphatic carbocycles. The van der Waals surface area contributed by atoms with Gasteiger partial charge < -0.3 is 14.4 Å². The lowest BCUT2D eigenvalue weighted by molar-refractivity contribution is -0.141. The quantitative estimate of drug-likeness (QED) is 0.632. The van der Waals surface area contributed by atoms with Crippen molar-refractivity contribution in [2.24, 2.45) is 5.92 Å². The van der Waals surface area contributed by atoms with E-state index in [1.165, 1.54) is 6.20 Å². The molecule has 1 aliphatic heterocycles. The number of carbonyl (C=O) groups excluding carboxylic acids is 2. The van der Waals surface area contributed by atoms with E-state index in [9.17, 15) is 22.8 Å². The first kappa shape index (κ1) is 21.7. The Hall–Kier alpha value is -2.49. The smallest absolute Gasteiger partial charge is 0.339 e. The van der Waals surface area contributed by atoms with E-state index in [0.29, 0.717) is 37.4 Å². The molecule has 166 valence electrons. The van der Waals surface area contributed by atoms with Crippen LogP contribution in [-0.4, -0.2) is 69.3 Å². The number of rotatable bonds is 6. The van der Waals surface area contributed by atoms with Crippen LogP contribution >= 0.6 is 11.8 Å². The lowest BCUT2D eigenvalue weighted by atomic mass is 10.2. The summed E-state index contributed by atoms with van der Waals surface area (Å²) in [4.78, 5) is 32.4. The highest BCUT2D eigenvalue weighted by Gasteiger charge is 2.35. The summed E-state index contributed by atoms with van der Waals surface area (Å²) in [6.45, 7) is 0.739. The maximum atomic E-state index is 13.2. The second kappa shape index (κ2) is 8.94. The van der Waals surface area contributed by atoms with E-state index in [2.05, 4.69) is 4.98 Å². The van der Waals surface area contributed by atoms with Crippen molar-refractivity contribution in [3.63, 3.8) is 0 Å². The van der Waals surface area contributed by atoms with Crippen LogP contribution in [0.1, 0.15) is 12.8 Å². The van der Waals surface area contributed by atoms with Gasteiger partial charge in [-0.2, -0.15) is 13.2 Å². The molecule has 0 N–H and O–H groups in total. The number of hydrogen-bond donors (Lipinski definition) is 0. The van der Waals surface area contributed by atoms with E-state index in [-0.39, 0.29) is 28.6 Å². The van der Waals surface area contributed by atoms with Gasteiger partial charge in [-0.25, -0.2) is 4.98 Å². The summed E-state index contributed by atoms with van der Waals surface area (Å²) in [5.74, 6) is 0.166. The molecule has 2 fully saturated rings. The fourth-order valence-corrected chi connectivity index (χ4v) is 4.51. The number of aromatic nitrogens is 2. The first-order valence-corrected chi connectivity index (χ1v) is 11.2. The van der Waals surface area contributed by atoms with Crippen LogP contribution in [-0.2, 0) is 16.1 Å². The van der Waals surface area contributed by atoms with Crippen LogP contribution in [0.3, 0.4) is 0 Å². The van der Waals surface area contributed by atoms with E-state index < -0.39 is 12.7 Å². The Morgan fingerprint density at radius 3 is 2.29 bits per heavy atom. The maximum absolute atomic E-state index is 13.2. The van der Waals surface area contributed by atoms with Crippen molar-refractivity contribution in [3.8, 4) is 11.3 Å². The zero-order valence-electron chi connectivity index (χ0n) is 16.8. The summed E-state index contributed by atoms with van der Waals surface area (Å²) >= 11 is 1.01. The maximum Gasteiger partial charge on any atom is 0.406 e. The Bertz CT molecular complexity index is 936. The van der Waals surface area contributed by atoms with Gasteiger partial charge in [-0.3, -0.25) is 9.59 Å². The molecular formula is C21H23F3N4O2S. The lowest BCUT2D eigenvalue weighted by Gasteiger charge is -2.34. The van der Waals surface area contributed by atoms with Crippen molar-refractivity contribution < 1.29 is 22.8 Å². The van der Waals surface area contributed by atoms with Gasteiger partial charge in [0.2, 0.25) is 11.8 Å². The number of alkyl halides is 3. The summed E-state index contributed by atoms with van der Waals surface area (Å²) in [6, 6.07) is 8.76. The average Bonchev–Trinajstić information content (AvgIpc) is 3.53. The van der Waals surface area contributed by atoms with Crippen molar-refractivity contribution in [2.75, 3.05) is 31.9 Å². The summed E-state index contributed by atoms with van der Waals surface area (Å²) in [5.41, 5.74) is 0.994. The van der Waals surface area contributed by atoms with Gasteiger partial charge in [-0.15, -0.1) is 0 Å². The number of piperazine rings is 1. The van der Waals surface area contributed by atoms with Crippen molar-refractivity contribution in [2.45, 2.75) is 30.7 Å². The molecule has 0 bridgehead atoms. The molecule has 0 radical (unpaired) electrons. The van der Waals surface area contributed by atoms with E-state index in [1.54, 1.807) is 40.1 Å². The minimum atomic E-state index is -4.41. The van der Waals surface area contributed by atoms with Gasteiger partial charge in [-0.05, 0) is 18.4 Å². The molecule has 1 aromatic carbocycles. The first-order valence-electron chi connectivity index (χ1n) is 10.2. The van der Waals surface area contributed by atoms with E-state index >= 15 is 0 Å². The normalized spacial score (nSPS) is 17.1. The minimum absolute atomic E-state index is 0.000326. The third-order valence-electron chi connectivity index (χ3n) is 5.42. The second-order valence-corrected chi connectivity index (χ2v) is 8.70. The average molecular weight is 453 g/mol. The fourth-order valence-electron chi connectivity index (χ4n) is 3.63. The Morgan fingerprint density at radius 1 is 1.03 bits per heavy atom. The molecule has 1 saturated carbocycles. The standard InChI is InChI=1S/C21H23F3N4O2S/c22-21(23,24)14-28-17(15-4-2-1-3-5-15)12-25-20(28)31-13-18(29)26-8-10-27(11-9-26)19(30)16-6-7-16/h1-5,12,16H,6-11,13-14H2. The molecule has 0 spiro atoms. The molecule has 4 rings (SSSR count). The Kier molecular flexibility index (Phi) is 6.27. The number of hydrogen-bond acceptors (Lipinski definition) is 4. The SMILES string of the molecule is O=C(CSc1ncc(-c2ccccc2)n1CC(F)(F)F)N1CCN(C(=O)C2CC2)CC1. The molecular weight excluding hydrogens is 429 g/mol. The van der Waals surface area contributed by atoms with Crippen molar-refractivity contribution >= 4 is 23.6 Å². The predicted octanol–water partition coefficient (Wildman–Crippen LogP) is 3.29. The highest BCUT2D eigenvalue weighted by atomic mass is 32.2. The molecule has 6 nitrogen and oxygen atoms in total. The molecule has 0 atom stereocenters. The highest BCUT2D eigenvalue weighted by molar-refractivity contribution is 7.99. The van der Waals surface area contributed by atoms with Crippen LogP contribution in [0.25, 0.3) is 11.3 Å². The van der Waals surface area contributed by atoms with Gasteiger partial charge in [0, 0.05) is 32.1 Å². The minimum Gasteiger partial charge on any atom is -0.339 e. The number of carbonyl (C=O) groups is 2. The number of nitrogens with zero attached hydrogens (tertiary/aromatic N) is 4. The van der Waals surface area contributed by atoms with Gasteiger partial charge in [0.15, 0.2) is 5.16 Å². The molecule has 1 aromatic heterocycles. The Morgan fingerprint density at radius 2 is 1.68 bits per heavy atom. The van der Waals surface area contributed by atoms with Gasteiger partial charge in [-0.1, -0.05) is 42.1 Å². The third-order valence-corrected chi connectivity index (χ3v) is 6.40. The monoisotopic (exact) mass is 452 g/mol. The van der Waals surface area contributed by atoms with Gasteiger partial charge in [0.1, 0.15) is 6.54 Å². The van der Waals surface area contributed by atoms with Gasteiger partial charge in [0.25, 0.3) is 0 Å². The van der Waals surface area contributed by atoms with Crippen LogP contribution in [0.2, 0.25) is 0 Å². The highest BCUT2D eigenvalue weighted by Crippen LogP contribution is 2.32. The summed E-state index contributed by atoms with van der Waals surface area (Å²) in [7, 11) is 0. The number of amides is 2. The Balaban J connectivity index is 1.39. The number of benzene rings is 1. The number of halogens is 3. The van der Waals surface area contributed by atoms with Crippen LogP contribution in [0.4, 0.5) is 13.2 Å². The first-order chi connectivity index (χ1) is 14.8. The lowest BCUT2D eigenvalue weighted by Crippen LogP contribution is -2.51. The van der Waals surface area contributed by atoms with Crippen LogP contribution in [0, 0.1) is 5.92 Å². The van der Waals surface area contributed by atoms with Crippen molar-refractivity contribution in [3.05, 3.63) is 36.5 Å². The second-order valence-electron chi connectivity index (χ2n) is 7.76. The van der Waals surface area contributed by atoms with Gasteiger partial charge in [0.05, 0.1) is 17.6 Å². The van der Waals surface area contributed by atoms with E-state index in [4.69, 9.17) is 0 Å². The van der Waals surface area contributed by atoms with Crippen molar-refractivity contribution in [1.82, 2.24) is 19.4 Å². The molecule has 2 aliphatic rings. The summed E-state index contributed by atoms with van der Waals surface area (Å²) < 4.78 is 40.7. The zero-order valence-corrected chi connectivity index (χ0v) is 17.7. The molecule has 31 heavy (non-hydrogen) atoms. The molecule has 2 heterocycles. The molecule has 0 unspecified atom stereocenters. The number of imidazole rings is 1. The summed E-state index contributed by atoms with van der Waals surface area (Å²) in [6.07, 6.45) is -1.10. The molecule has 2 aromatic rings. The van der Waals surface area contributed by atoms with E-state index in [0.717, 1.165) is 29.2 Å². The Labute approximate surface area is 182 Å². The molecule has 10 heteroatoms. The number of thioether (sulfide) groups is 1. The molecule has 1 saturated heterocycles. The fraction of sp³-hybridized carbons (Fsp3) is 0.476. The van der Waals surface area contributed by atoms with Crippen molar-refractivity contribution in [1.29, 1.82) is 0 Å². The van der Waals surface area contributed by atoms with Crippen LogP contribution < -0.4 is 0 Å². The van der Waals surface area contributed by atoms with Crippen LogP contribution in [0.5, 0.6) is 0 Å². The topological polar surface area (TPSA) is 58.4 Å². The van der Waals surface area contributed by atoms with E-state index in [1.807, 2.05) is 0 Å². The summed E-state index contributed by atoms with van der Waals surface area (Å²) in [5, 5.41) is 0.159. The molecule has 2 amide bonds. The largest absolute Gasteiger partial charge is 0.406 e. The third kappa shape index (κ3) is 5.41. The zero-order chi connectivity index (χ0) is 22.0. The van der Waals surface area contributed by atoms with Gasteiger partial charge >= 0.3 is 6.18 Å².